The van der Waals surface area contributed by atoms with Crippen molar-refractivity contribution in [1.29, 1.82) is 0 Å². The standard InChI is InChI=1S/C18H22N2O5/c1-25-15-5-3-2-4-14(15)19-16(21)11-6-8-20(9-7-11)17(22)12-10-13(12)18(23)24/h2-5,11-13H,6-10H2,1H3,(H,19,21)(H,23,24). The molecule has 1 aromatic carbocycles. The van der Waals surface area contributed by atoms with Crippen LogP contribution in [0.3, 0.4) is 0 Å². The van der Waals surface area contributed by atoms with Crippen LogP contribution in [0.5, 0.6) is 5.75 Å². The van der Waals surface area contributed by atoms with E-state index < -0.39 is 11.9 Å². The Bertz CT molecular complexity index is 682. The molecule has 2 fully saturated rings. The highest BCUT2D eigenvalue weighted by Gasteiger charge is 2.50. The van der Waals surface area contributed by atoms with Crippen LogP contribution in [0.1, 0.15) is 19.3 Å². The van der Waals surface area contributed by atoms with E-state index in [2.05, 4.69) is 5.32 Å². The Morgan fingerprint density at radius 1 is 1.16 bits per heavy atom. The largest absolute Gasteiger partial charge is 0.495 e. The number of nitrogens with zero attached hydrogens (tertiary/aromatic N) is 1. The Hall–Kier alpha value is -2.57. The number of ether oxygens (including phenoxy) is 1. The van der Waals surface area contributed by atoms with Crippen LogP contribution in [0, 0.1) is 17.8 Å². The fraction of sp³-hybridized carbons (Fsp3) is 0.500. The van der Waals surface area contributed by atoms with E-state index >= 15 is 0 Å². The summed E-state index contributed by atoms with van der Waals surface area (Å²) >= 11 is 0. The summed E-state index contributed by atoms with van der Waals surface area (Å²) in [6.07, 6.45) is 1.59. The van der Waals surface area contributed by atoms with Gasteiger partial charge in [-0.2, -0.15) is 0 Å². The second-order valence-corrected chi connectivity index (χ2v) is 6.58. The quantitative estimate of drug-likeness (QED) is 0.844. The number of anilines is 1. The maximum Gasteiger partial charge on any atom is 0.307 e. The summed E-state index contributed by atoms with van der Waals surface area (Å²) in [6, 6.07) is 7.23. The Kier molecular flexibility index (Phi) is 4.92. The number of hydrogen-bond acceptors (Lipinski definition) is 4. The van der Waals surface area contributed by atoms with Gasteiger partial charge in [0, 0.05) is 19.0 Å². The first-order valence-electron chi connectivity index (χ1n) is 8.46. The second-order valence-electron chi connectivity index (χ2n) is 6.58. The van der Waals surface area contributed by atoms with Gasteiger partial charge < -0.3 is 20.1 Å². The minimum Gasteiger partial charge on any atom is -0.495 e. The SMILES string of the molecule is COc1ccccc1NC(=O)C1CCN(C(=O)C2CC2C(=O)O)CC1. The minimum absolute atomic E-state index is 0.0774. The number of likely N-dealkylation sites (tertiary alicyclic amines) is 1. The summed E-state index contributed by atoms with van der Waals surface area (Å²) in [7, 11) is 1.55. The van der Waals surface area contributed by atoms with E-state index in [4.69, 9.17) is 9.84 Å². The van der Waals surface area contributed by atoms with Crippen LogP contribution >= 0.6 is 0 Å². The van der Waals surface area contributed by atoms with Crippen molar-refractivity contribution < 1.29 is 24.2 Å². The van der Waals surface area contributed by atoms with Crippen molar-refractivity contribution in [2.45, 2.75) is 19.3 Å². The molecule has 7 nitrogen and oxygen atoms in total. The molecule has 2 amide bonds. The third-order valence-corrected chi connectivity index (χ3v) is 4.97. The average molecular weight is 346 g/mol. The molecule has 2 N–H and O–H groups in total. The summed E-state index contributed by atoms with van der Waals surface area (Å²) < 4.78 is 5.23. The van der Waals surface area contributed by atoms with E-state index in [1.807, 2.05) is 12.1 Å². The second kappa shape index (κ2) is 7.13. The van der Waals surface area contributed by atoms with Gasteiger partial charge in [0.25, 0.3) is 0 Å². The van der Waals surface area contributed by atoms with Crippen LogP contribution in [0.2, 0.25) is 0 Å². The van der Waals surface area contributed by atoms with Gasteiger partial charge in [0.1, 0.15) is 5.75 Å². The molecule has 134 valence electrons. The van der Waals surface area contributed by atoms with Crippen molar-refractivity contribution in [3.05, 3.63) is 24.3 Å². The van der Waals surface area contributed by atoms with Crippen LogP contribution in [-0.4, -0.2) is 48.0 Å². The molecule has 1 heterocycles. The van der Waals surface area contributed by atoms with Crippen molar-refractivity contribution in [2.24, 2.45) is 17.8 Å². The van der Waals surface area contributed by atoms with Crippen molar-refractivity contribution in [3.8, 4) is 5.75 Å². The van der Waals surface area contributed by atoms with Gasteiger partial charge in [-0.25, -0.2) is 0 Å². The highest BCUT2D eigenvalue weighted by atomic mass is 16.5. The number of carboxylic acid groups (broad SMARTS) is 1. The maximum absolute atomic E-state index is 12.5. The number of para-hydroxylation sites is 2. The fourth-order valence-corrected chi connectivity index (χ4v) is 3.32. The molecular weight excluding hydrogens is 324 g/mol. The highest BCUT2D eigenvalue weighted by Crippen LogP contribution is 2.40. The van der Waals surface area contributed by atoms with Crippen LogP contribution in [0.4, 0.5) is 5.69 Å². The van der Waals surface area contributed by atoms with Crippen molar-refractivity contribution in [1.82, 2.24) is 4.90 Å². The number of hydrogen-bond donors (Lipinski definition) is 2. The van der Waals surface area contributed by atoms with Gasteiger partial charge in [-0.3, -0.25) is 14.4 Å². The van der Waals surface area contributed by atoms with Gasteiger partial charge in [-0.1, -0.05) is 12.1 Å². The molecule has 7 heteroatoms. The zero-order valence-electron chi connectivity index (χ0n) is 14.1. The van der Waals surface area contributed by atoms with Crippen molar-refractivity contribution in [3.63, 3.8) is 0 Å². The van der Waals surface area contributed by atoms with Crippen LogP contribution in [0.25, 0.3) is 0 Å². The monoisotopic (exact) mass is 346 g/mol. The van der Waals surface area contributed by atoms with Crippen LogP contribution in [-0.2, 0) is 14.4 Å². The zero-order chi connectivity index (χ0) is 18.0. The van der Waals surface area contributed by atoms with Crippen LogP contribution in [0.15, 0.2) is 24.3 Å². The molecule has 0 spiro atoms. The number of piperidine rings is 1. The van der Waals surface area contributed by atoms with Gasteiger partial charge in [0.15, 0.2) is 0 Å². The molecule has 2 unspecified atom stereocenters. The number of carbonyl (C=O) groups excluding carboxylic acids is 2. The molecule has 1 saturated carbocycles. The number of carbonyl (C=O) groups is 3. The van der Waals surface area contributed by atoms with Gasteiger partial charge in [0.2, 0.25) is 11.8 Å². The summed E-state index contributed by atoms with van der Waals surface area (Å²) in [5.41, 5.74) is 0.635. The first-order valence-corrected chi connectivity index (χ1v) is 8.46. The molecule has 0 bridgehead atoms. The topological polar surface area (TPSA) is 95.9 Å². The fourth-order valence-electron chi connectivity index (χ4n) is 3.32. The zero-order valence-corrected chi connectivity index (χ0v) is 14.1. The molecule has 0 radical (unpaired) electrons. The van der Waals surface area contributed by atoms with E-state index in [9.17, 15) is 14.4 Å². The number of aliphatic carboxylic acids is 1. The molecule has 3 rings (SSSR count). The first kappa shape index (κ1) is 17.3. The summed E-state index contributed by atoms with van der Waals surface area (Å²) in [5.74, 6) is -1.53. The predicted octanol–water partition coefficient (Wildman–Crippen LogP) is 1.59. The number of benzene rings is 1. The highest BCUT2D eigenvalue weighted by molar-refractivity contribution is 5.94. The lowest BCUT2D eigenvalue weighted by Gasteiger charge is -2.31. The van der Waals surface area contributed by atoms with Gasteiger partial charge in [0.05, 0.1) is 24.6 Å². The average Bonchev–Trinajstić information content (AvgIpc) is 3.43. The van der Waals surface area contributed by atoms with E-state index in [1.165, 1.54) is 0 Å². The minimum atomic E-state index is -0.899. The van der Waals surface area contributed by atoms with Gasteiger partial charge in [-0.05, 0) is 31.4 Å². The first-order chi connectivity index (χ1) is 12.0. The molecule has 25 heavy (non-hydrogen) atoms. The number of carboxylic acids is 1. The summed E-state index contributed by atoms with van der Waals surface area (Å²) in [5, 5.41) is 11.8. The smallest absolute Gasteiger partial charge is 0.307 e. The van der Waals surface area contributed by atoms with Gasteiger partial charge in [-0.15, -0.1) is 0 Å². The molecule has 1 saturated heterocycles. The summed E-state index contributed by atoms with van der Waals surface area (Å²) in [6.45, 7) is 0.983. The van der Waals surface area contributed by atoms with E-state index in [0.29, 0.717) is 43.8 Å². The number of rotatable bonds is 5. The maximum atomic E-state index is 12.5. The third kappa shape index (κ3) is 3.75. The molecule has 2 atom stereocenters. The lowest BCUT2D eigenvalue weighted by Crippen LogP contribution is -2.42. The molecule has 0 aromatic heterocycles. The third-order valence-electron chi connectivity index (χ3n) is 4.97. The van der Waals surface area contributed by atoms with Crippen LogP contribution < -0.4 is 10.1 Å². The molecule has 1 aliphatic carbocycles. The van der Waals surface area contributed by atoms with Crippen molar-refractivity contribution >= 4 is 23.5 Å². The Labute approximate surface area is 146 Å². The number of nitrogens with one attached hydrogen (secondary N) is 1. The van der Waals surface area contributed by atoms with E-state index in [1.54, 1.807) is 24.1 Å². The van der Waals surface area contributed by atoms with E-state index in [0.717, 1.165) is 0 Å². The Morgan fingerprint density at radius 3 is 2.44 bits per heavy atom. The number of amides is 2. The Balaban J connectivity index is 1.51. The van der Waals surface area contributed by atoms with E-state index in [-0.39, 0.29) is 23.7 Å². The van der Waals surface area contributed by atoms with Gasteiger partial charge >= 0.3 is 5.97 Å². The summed E-state index contributed by atoms with van der Waals surface area (Å²) in [4.78, 5) is 37.3. The molecule has 1 aromatic rings. The molecule has 1 aliphatic heterocycles. The lowest BCUT2D eigenvalue weighted by molar-refractivity contribution is -0.142. The number of methoxy groups -OCH3 is 1. The lowest BCUT2D eigenvalue weighted by atomic mass is 9.95. The predicted molar refractivity (Wildman–Crippen MR) is 90.2 cm³/mol. The molecule has 2 aliphatic rings. The van der Waals surface area contributed by atoms with Crippen molar-refractivity contribution in [2.75, 3.05) is 25.5 Å². The normalized spacial score (nSPS) is 23.0. The molecular formula is C18H22N2O5. The Morgan fingerprint density at radius 2 is 1.84 bits per heavy atom.